The van der Waals surface area contributed by atoms with Crippen LogP contribution in [0.2, 0.25) is 0 Å². The first kappa shape index (κ1) is 16.1. The van der Waals surface area contributed by atoms with Gasteiger partial charge in [0.05, 0.1) is 10.9 Å². The lowest BCUT2D eigenvalue weighted by Crippen LogP contribution is -2.29. The highest BCUT2D eigenvalue weighted by molar-refractivity contribution is 7.89. The Morgan fingerprint density at radius 2 is 2.00 bits per heavy atom. The molecule has 0 saturated heterocycles. The Morgan fingerprint density at radius 1 is 1.32 bits per heavy atom. The minimum absolute atomic E-state index is 0.132. The zero-order chi connectivity index (χ0) is 16.2. The topological polar surface area (TPSA) is 106 Å². The molecule has 8 nitrogen and oxygen atoms in total. The minimum atomic E-state index is -3.62. The fourth-order valence-corrected chi connectivity index (χ4v) is 2.89. The Kier molecular flexibility index (Phi) is 4.88. The lowest BCUT2D eigenvalue weighted by atomic mass is 10.3. The maximum Gasteiger partial charge on any atom is 0.240 e. The summed E-state index contributed by atoms with van der Waals surface area (Å²) in [5, 5.41) is 6.54. The fourth-order valence-electron chi connectivity index (χ4n) is 1.77. The van der Waals surface area contributed by atoms with Crippen molar-refractivity contribution < 1.29 is 13.2 Å². The predicted molar refractivity (Wildman–Crippen MR) is 80.7 cm³/mol. The molecule has 1 aromatic heterocycles. The van der Waals surface area contributed by atoms with Crippen molar-refractivity contribution in [1.82, 2.24) is 19.5 Å². The third-order valence-corrected chi connectivity index (χ3v) is 4.38. The number of hydrogen-bond acceptors (Lipinski definition) is 5. The standard InChI is InChI=1S/C13H17N5O3S/c1-10(18-9-14-8-15-18)7-16-22(20,21)13-5-3-12(4-6-13)17-11(2)19/h3-6,8-10,16H,7H2,1-2H3,(H,17,19). The van der Waals surface area contributed by atoms with E-state index in [0.717, 1.165) is 0 Å². The number of amides is 1. The number of carbonyl (C=O) groups is 1. The number of benzene rings is 1. The van der Waals surface area contributed by atoms with E-state index in [0.29, 0.717) is 5.69 Å². The molecule has 0 radical (unpaired) electrons. The Bertz CT molecular complexity index is 726. The molecular weight excluding hydrogens is 306 g/mol. The Hall–Kier alpha value is -2.26. The number of aromatic nitrogens is 3. The van der Waals surface area contributed by atoms with Crippen LogP contribution in [0.15, 0.2) is 41.8 Å². The van der Waals surface area contributed by atoms with Crippen LogP contribution in [0.25, 0.3) is 0 Å². The number of carbonyl (C=O) groups excluding carboxylic acids is 1. The van der Waals surface area contributed by atoms with E-state index in [-0.39, 0.29) is 23.4 Å². The van der Waals surface area contributed by atoms with E-state index in [1.807, 2.05) is 6.92 Å². The molecule has 1 unspecified atom stereocenters. The van der Waals surface area contributed by atoms with Gasteiger partial charge in [-0.15, -0.1) is 0 Å². The molecule has 0 spiro atoms. The van der Waals surface area contributed by atoms with Gasteiger partial charge in [-0.3, -0.25) is 4.79 Å². The van der Waals surface area contributed by atoms with Crippen molar-refractivity contribution in [3.63, 3.8) is 0 Å². The molecule has 0 bridgehead atoms. The number of nitrogens with one attached hydrogen (secondary N) is 2. The van der Waals surface area contributed by atoms with E-state index in [2.05, 4.69) is 20.1 Å². The summed E-state index contributed by atoms with van der Waals surface area (Å²) in [6, 6.07) is 5.80. The van der Waals surface area contributed by atoms with Crippen LogP contribution in [-0.4, -0.2) is 35.6 Å². The highest BCUT2D eigenvalue weighted by Crippen LogP contribution is 2.14. The number of rotatable bonds is 6. The monoisotopic (exact) mass is 323 g/mol. The Morgan fingerprint density at radius 3 is 2.55 bits per heavy atom. The normalized spacial score (nSPS) is 12.8. The van der Waals surface area contributed by atoms with E-state index in [9.17, 15) is 13.2 Å². The first-order chi connectivity index (χ1) is 10.4. The number of anilines is 1. The fraction of sp³-hybridized carbons (Fsp3) is 0.308. The van der Waals surface area contributed by atoms with Gasteiger partial charge in [-0.05, 0) is 31.2 Å². The van der Waals surface area contributed by atoms with Crippen molar-refractivity contribution in [3.8, 4) is 0 Å². The third-order valence-electron chi connectivity index (χ3n) is 2.94. The minimum Gasteiger partial charge on any atom is -0.326 e. The third kappa shape index (κ3) is 4.12. The molecule has 0 aliphatic heterocycles. The summed E-state index contributed by atoms with van der Waals surface area (Å²) in [5.74, 6) is -0.213. The second-order valence-corrected chi connectivity index (χ2v) is 6.55. The lowest BCUT2D eigenvalue weighted by molar-refractivity contribution is -0.114. The summed E-state index contributed by atoms with van der Waals surface area (Å²) in [5.41, 5.74) is 0.544. The van der Waals surface area contributed by atoms with Crippen LogP contribution in [0, 0.1) is 0 Å². The van der Waals surface area contributed by atoms with Crippen LogP contribution in [0.4, 0.5) is 5.69 Å². The quantitative estimate of drug-likeness (QED) is 0.817. The van der Waals surface area contributed by atoms with Gasteiger partial charge >= 0.3 is 0 Å². The number of sulfonamides is 1. The molecule has 0 saturated carbocycles. The van der Waals surface area contributed by atoms with Crippen LogP contribution in [0.5, 0.6) is 0 Å². The molecule has 1 amide bonds. The summed E-state index contributed by atoms with van der Waals surface area (Å²) >= 11 is 0. The SMILES string of the molecule is CC(=O)Nc1ccc(S(=O)(=O)NCC(C)n2cncn2)cc1. The van der Waals surface area contributed by atoms with E-state index >= 15 is 0 Å². The van der Waals surface area contributed by atoms with Crippen LogP contribution in [0.3, 0.4) is 0 Å². The summed E-state index contributed by atoms with van der Waals surface area (Å²) in [6.07, 6.45) is 2.92. The molecule has 22 heavy (non-hydrogen) atoms. The van der Waals surface area contributed by atoms with Crippen LogP contribution in [0.1, 0.15) is 19.9 Å². The van der Waals surface area contributed by atoms with Crippen molar-refractivity contribution in [1.29, 1.82) is 0 Å². The average molecular weight is 323 g/mol. The van der Waals surface area contributed by atoms with Gasteiger partial charge in [0.2, 0.25) is 15.9 Å². The molecular formula is C13H17N5O3S. The van der Waals surface area contributed by atoms with Crippen LogP contribution in [-0.2, 0) is 14.8 Å². The maximum atomic E-state index is 12.2. The van der Waals surface area contributed by atoms with Crippen molar-refractivity contribution in [3.05, 3.63) is 36.9 Å². The first-order valence-electron chi connectivity index (χ1n) is 6.60. The van der Waals surface area contributed by atoms with Crippen molar-refractivity contribution >= 4 is 21.6 Å². The van der Waals surface area contributed by atoms with Crippen LogP contribution >= 0.6 is 0 Å². The largest absolute Gasteiger partial charge is 0.326 e. The molecule has 0 fully saturated rings. The van der Waals surface area contributed by atoms with Crippen LogP contribution < -0.4 is 10.0 Å². The van der Waals surface area contributed by atoms with Gasteiger partial charge in [0.1, 0.15) is 12.7 Å². The molecule has 1 atom stereocenters. The Labute approximate surface area is 128 Å². The number of nitrogens with zero attached hydrogens (tertiary/aromatic N) is 3. The van der Waals surface area contributed by atoms with Gasteiger partial charge in [0.25, 0.3) is 0 Å². The van der Waals surface area contributed by atoms with Gasteiger partial charge in [-0.2, -0.15) is 5.10 Å². The summed E-state index contributed by atoms with van der Waals surface area (Å²) in [6.45, 7) is 3.41. The molecule has 2 rings (SSSR count). The zero-order valence-electron chi connectivity index (χ0n) is 12.2. The summed E-state index contributed by atoms with van der Waals surface area (Å²) < 4.78 is 28.5. The zero-order valence-corrected chi connectivity index (χ0v) is 13.0. The summed E-state index contributed by atoms with van der Waals surface area (Å²) in [4.78, 5) is 14.9. The van der Waals surface area contributed by atoms with E-state index in [1.54, 1.807) is 4.68 Å². The van der Waals surface area contributed by atoms with Crippen molar-refractivity contribution in [2.45, 2.75) is 24.8 Å². The number of hydrogen-bond donors (Lipinski definition) is 2. The smallest absolute Gasteiger partial charge is 0.240 e. The molecule has 2 aromatic rings. The van der Waals surface area contributed by atoms with Gasteiger partial charge in [0.15, 0.2) is 0 Å². The molecule has 118 valence electrons. The highest BCUT2D eigenvalue weighted by Gasteiger charge is 2.16. The second kappa shape index (κ2) is 6.67. The van der Waals surface area contributed by atoms with E-state index in [1.165, 1.54) is 43.8 Å². The van der Waals surface area contributed by atoms with Gasteiger partial charge in [0, 0.05) is 19.2 Å². The molecule has 9 heteroatoms. The van der Waals surface area contributed by atoms with E-state index in [4.69, 9.17) is 0 Å². The van der Waals surface area contributed by atoms with E-state index < -0.39 is 10.0 Å². The average Bonchev–Trinajstić information content (AvgIpc) is 2.99. The predicted octanol–water partition coefficient (Wildman–Crippen LogP) is 0.776. The second-order valence-electron chi connectivity index (χ2n) is 4.78. The molecule has 0 aliphatic carbocycles. The van der Waals surface area contributed by atoms with Gasteiger partial charge < -0.3 is 5.32 Å². The molecule has 1 heterocycles. The first-order valence-corrected chi connectivity index (χ1v) is 8.08. The van der Waals surface area contributed by atoms with Gasteiger partial charge in [-0.1, -0.05) is 0 Å². The lowest BCUT2D eigenvalue weighted by Gasteiger charge is -2.13. The van der Waals surface area contributed by atoms with Gasteiger partial charge in [-0.25, -0.2) is 22.8 Å². The maximum absolute atomic E-state index is 12.2. The summed E-state index contributed by atoms with van der Waals surface area (Å²) in [7, 11) is -3.62. The molecule has 0 aliphatic rings. The van der Waals surface area contributed by atoms with Crippen molar-refractivity contribution in [2.75, 3.05) is 11.9 Å². The molecule has 1 aromatic carbocycles. The van der Waals surface area contributed by atoms with Crippen molar-refractivity contribution in [2.24, 2.45) is 0 Å². The highest BCUT2D eigenvalue weighted by atomic mass is 32.2. The Balaban J connectivity index is 2.02. The molecule has 2 N–H and O–H groups in total.